The molecule has 0 aliphatic carbocycles. The number of amides is 3. The Morgan fingerprint density at radius 2 is 1.58 bits per heavy atom. The van der Waals surface area contributed by atoms with Crippen molar-refractivity contribution in [2.45, 2.75) is 31.8 Å². The number of carbonyl (C=O) groups excluding carboxylic acids is 4. The van der Waals surface area contributed by atoms with Gasteiger partial charge >= 0.3 is 5.97 Å². The summed E-state index contributed by atoms with van der Waals surface area (Å²) in [6.07, 6.45) is 1.08. The smallest absolute Gasteiger partial charge is 0.338 e. The van der Waals surface area contributed by atoms with Crippen molar-refractivity contribution < 1.29 is 36.7 Å². The SMILES string of the molecule is CN(C)C=O.Cc1ccc(NS(=O)(=O)c2cc(C(=O)OC(C)C(=O)N3CCN(C(=O)c4ccco4)CC3)ccc2C)cc1. The molecule has 1 unspecified atom stereocenters. The number of furan rings is 1. The minimum atomic E-state index is -3.98. The van der Waals surface area contributed by atoms with E-state index in [1.54, 1.807) is 62.3 Å². The van der Waals surface area contributed by atoms with E-state index in [9.17, 15) is 27.6 Å². The highest BCUT2D eigenvalue weighted by Crippen LogP contribution is 2.22. The quantitative estimate of drug-likeness (QED) is 0.302. The maximum atomic E-state index is 13.0. The molecule has 0 saturated carbocycles. The molecule has 230 valence electrons. The third kappa shape index (κ3) is 8.92. The normalized spacial score (nSPS) is 13.7. The van der Waals surface area contributed by atoms with Crippen LogP contribution in [0.1, 0.15) is 39.0 Å². The first kappa shape index (κ1) is 32.9. The van der Waals surface area contributed by atoms with E-state index in [-0.39, 0.29) is 35.2 Å². The van der Waals surface area contributed by atoms with E-state index in [1.807, 2.05) is 6.92 Å². The monoisotopic (exact) mass is 612 g/mol. The number of carbonyl (C=O) groups is 4. The first-order valence-electron chi connectivity index (χ1n) is 13.5. The Morgan fingerprint density at radius 1 is 0.977 bits per heavy atom. The molecule has 1 N–H and O–H groups in total. The number of sulfonamides is 1. The van der Waals surface area contributed by atoms with Crippen LogP contribution in [0.25, 0.3) is 0 Å². The second-order valence-electron chi connectivity index (χ2n) is 10.2. The molecule has 1 aromatic heterocycles. The molecular formula is C30H36N4O8S. The number of ether oxygens (including phenoxy) is 1. The van der Waals surface area contributed by atoms with Gasteiger partial charge in [-0.1, -0.05) is 23.8 Å². The number of benzene rings is 2. The summed E-state index contributed by atoms with van der Waals surface area (Å²) in [6, 6.07) is 14.3. The zero-order valence-corrected chi connectivity index (χ0v) is 25.6. The second kappa shape index (κ2) is 14.5. The number of rotatable bonds is 8. The van der Waals surface area contributed by atoms with Crippen molar-refractivity contribution in [2.24, 2.45) is 0 Å². The second-order valence-corrected chi connectivity index (χ2v) is 11.8. The van der Waals surface area contributed by atoms with Crippen molar-refractivity contribution in [3.05, 3.63) is 83.3 Å². The van der Waals surface area contributed by atoms with Gasteiger partial charge in [-0.25, -0.2) is 13.2 Å². The van der Waals surface area contributed by atoms with Gasteiger partial charge in [0.1, 0.15) is 0 Å². The third-order valence-corrected chi connectivity index (χ3v) is 7.99. The molecule has 1 aliphatic heterocycles. The summed E-state index contributed by atoms with van der Waals surface area (Å²) in [6.45, 7) is 6.19. The van der Waals surface area contributed by atoms with Gasteiger partial charge in [-0.15, -0.1) is 0 Å². The summed E-state index contributed by atoms with van der Waals surface area (Å²) in [5.74, 6) is -1.22. The van der Waals surface area contributed by atoms with Crippen molar-refractivity contribution in [1.29, 1.82) is 0 Å². The van der Waals surface area contributed by atoms with E-state index in [2.05, 4.69) is 4.72 Å². The number of nitrogens with one attached hydrogen (secondary N) is 1. The Labute approximate surface area is 251 Å². The molecule has 0 radical (unpaired) electrons. The van der Waals surface area contributed by atoms with Crippen LogP contribution in [0.2, 0.25) is 0 Å². The number of hydrogen-bond donors (Lipinski definition) is 1. The van der Waals surface area contributed by atoms with Crippen LogP contribution in [-0.2, 0) is 24.3 Å². The molecule has 12 nitrogen and oxygen atoms in total. The molecule has 43 heavy (non-hydrogen) atoms. The van der Waals surface area contributed by atoms with Crippen molar-refractivity contribution in [2.75, 3.05) is 45.0 Å². The van der Waals surface area contributed by atoms with Gasteiger partial charge in [0, 0.05) is 46.0 Å². The standard InChI is InChI=1S/C27H29N3O7S.C3H7NO/c1-18-6-10-22(11-7-18)28-38(34,35)24-17-21(9-8-19(24)2)27(33)37-20(3)25(31)29-12-14-30(15-13-29)26(32)23-5-4-16-36-23;1-4(2)3-5/h4-11,16-17,20,28H,12-15H2,1-3H3;3H,1-2H3. The zero-order chi connectivity index (χ0) is 31.7. The molecule has 2 aromatic carbocycles. The summed E-state index contributed by atoms with van der Waals surface area (Å²) in [5.41, 5.74) is 1.84. The van der Waals surface area contributed by atoms with Gasteiger partial charge in [-0.3, -0.25) is 19.1 Å². The molecule has 4 rings (SSSR count). The molecule has 13 heteroatoms. The lowest BCUT2D eigenvalue weighted by Crippen LogP contribution is -2.53. The Bertz CT molecular complexity index is 1530. The molecule has 1 atom stereocenters. The van der Waals surface area contributed by atoms with Crippen LogP contribution >= 0.6 is 0 Å². The van der Waals surface area contributed by atoms with Gasteiger partial charge < -0.3 is 23.9 Å². The van der Waals surface area contributed by atoms with Gasteiger partial charge in [-0.05, 0) is 62.7 Å². The first-order valence-corrected chi connectivity index (χ1v) is 14.9. The maximum Gasteiger partial charge on any atom is 0.338 e. The molecule has 0 spiro atoms. The Kier molecular flexibility index (Phi) is 11.1. The van der Waals surface area contributed by atoms with Crippen LogP contribution in [0.3, 0.4) is 0 Å². The minimum Gasteiger partial charge on any atom is -0.459 e. The van der Waals surface area contributed by atoms with Crippen LogP contribution < -0.4 is 4.72 Å². The maximum absolute atomic E-state index is 13.0. The third-order valence-electron chi connectivity index (χ3n) is 6.47. The number of aryl methyl sites for hydroxylation is 2. The average Bonchev–Trinajstić information content (AvgIpc) is 3.53. The van der Waals surface area contributed by atoms with E-state index in [4.69, 9.17) is 9.15 Å². The highest BCUT2D eigenvalue weighted by molar-refractivity contribution is 7.92. The lowest BCUT2D eigenvalue weighted by molar-refractivity contribution is -0.141. The zero-order valence-electron chi connectivity index (χ0n) is 24.8. The van der Waals surface area contributed by atoms with E-state index < -0.39 is 28.0 Å². The van der Waals surface area contributed by atoms with Crippen molar-refractivity contribution in [1.82, 2.24) is 14.7 Å². The Balaban J connectivity index is 0.000000934. The number of nitrogens with zero attached hydrogens (tertiary/aromatic N) is 3. The fraction of sp³-hybridized carbons (Fsp3) is 0.333. The Hall–Kier alpha value is -4.65. The summed E-state index contributed by atoms with van der Waals surface area (Å²) < 4.78 is 39.1. The number of anilines is 1. The lowest BCUT2D eigenvalue weighted by atomic mass is 10.1. The fourth-order valence-corrected chi connectivity index (χ4v) is 5.40. The lowest BCUT2D eigenvalue weighted by Gasteiger charge is -2.35. The van der Waals surface area contributed by atoms with E-state index in [1.165, 1.54) is 41.2 Å². The van der Waals surface area contributed by atoms with Crippen LogP contribution in [0, 0.1) is 13.8 Å². The summed E-state index contributed by atoms with van der Waals surface area (Å²) in [4.78, 5) is 52.1. The molecule has 1 fully saturated rings. The van der Waals surface area contributed by atoms with Crippen LogP contribution in [0.4, 0.5) is 5.69 Å². The molecule has 3 aromatic rings. The van der Waals surface area contributed by atoms with Gasteiger partial charge in [0.15, 0.2) is 11.9 Å². The van der Waals surface area contributed by atoms with E-state index >= 15 is 0 Å². The minimum absolute atomic E-state index is 0.00777. The van der Waals surface area contributed by atoms with Gasteiger partial charge in [0.25, 0.3) is 21.8 Å². The van der Waals surface area contributed by atoms with Gasteiger partial charge in [-0.2, -0.15) is 0 Å². The number of piperazine rings is 1. The van der Waals surface area contributed by atoms with Crippen molar-refractivity contribution in [3.8, 4) is 0 Å². The van der Waals surface area contributed by atoms with E-state index in [0.717, 1.165) is 12.0 Å². The summed E-state index contributed by atoms with van der Waals surface area (Å²) >= 11 is 0. The predicted molar refractivity (Wildman–Crippen MR) is 159 cm³/mol. The van der Waals surface area contributed by atoms with Crippen LogP contribution in [-0.4, -0.2) is 93.7 Å². The van der Waals surface area contributed by atoms with Crippen LogP contribution in [0.5, 0.6) is 0 Å². The van der Waals surface area contributed by atoms with Gasteiger partial charge in [0.2, 0.25) is 6.41 Å². The fourth-order valence-electron chi connectivity index (χ4n) is 4.07. The summed E-state index contributed by atoms with van der Waals surface area (Å²) in [5, 5.41) is 0. The molecule has 2 heterocycles. The van der Waals surface area contributed by atoms with E-state index in [0.29, 0.717) is 24.3 Å². The highest BCUT2D eigenvalue weighted by atomic mass is 32.2. The largest absolute Gasteiger partial charge is 0.459 e. The number of hydrogen-bond acceptors (Lipinski definition) is 8. The Morgan fingerprint density at radius 3 is 2.14 bits per heavy atom. The predicted octanol–water partition coefficient (Wildman–Crippen LogP) is 2.93. The first-order chi connectivity index (χ1) is 20.3. The van der Waals surface area contributed by atoms with Crippen molar-refractivity contribution >= 4 is 39.9 Å². The number of esters is 1. The highest BCUT2D eigenvalue weighted by Gasteiger charge is 2.30. The molecular weight excluding hydrogens is 576 g/mol. The average molecular weight is 613 g/mol. The molecule has 3 amide bonds. The molecule has 0 bridgehead atoms. The molecule has 1 saturated heterocycles. The van der Waals surface area contributed by atoms with Crippen LogP contribution in [0.15, 0.2) is 70.2 Å². The topological polar surface area (TPSA) is 147 Å². The summed E-state index contributed by atoms with van der Waals surface area (Å²) in [7, 11) is -0.600. The van der Waals surface area contributed by atoms with Crippen molar-refractivity contribution in [3.63, 3.8) is 0 Å². The van der Waals surface area contributed by atoms with Gasteiger partial charge in [0.05, 0.1) is 16.7 Å². The molecule has 1 aliphatic rings.